The number of carbonyl (C=O) groups is 1. The summed E-state index contributed by atoms with van der Waals surface area (Å²) in [4.78, 5) is 19.1. The van der Waals surface area contributed by atoms with Gasteiger partial charge in [0.2, 0.25) is 6.41 Å². The van der Waals surface area contributed by atoms with Crippen LogP contribution in [-0.2, 0) is 16.6 Å². The monoisotopic (exact) mass is 583 g/mol. The molecule has 2 heterocycles. The number of benzene rings is 2. The molecule has 0 aliphatic heterocycles. The maximum absolute atomic E-state index is 10.7. The van der Waals surface area contributed by atoms with Gasteiger partial charge in [0.1, 0.15) is 35.2 Å². The lowest BCUT2D eigenvalue weighted by molar-refractivity contribution is -0.110. The average molecular weight is 584 g/mol. The van der Waals surface area contributed by atoms with E-state index < -0.39 is 0 Å². The van der Waals surface area contributed by atoms with Crippen molar-refractivity contribution in [3.05, 3.63) is 89.6 Å². The molecule has 1 saturated carbocycles. The Morgan fingerprint density at radius 3 is 2.26 bits per heavy atom. The van der Waals surface area contributed by atoms with E-state index in [1.54, 1.807) is 0 Å². The molecule has 10 nitrogen and oxygen atoms in total. The van der Waals surface area contributed by atoms with Gasteiger partial charge in [0, 0.05) is 29.1 Å². The van der Waals surface area contributed by atoms with E-state index >= 15 is 0 Å². The van der Waals surface area contributed by atoms with Crippen LogP contribution >= 0.6 is 0 Å². The minimum Gasteiger partial charge on any atom is -0.457 e. The maximum Gasteiger partial charge on any atom is 0.207 e. The standard InChI is InChI=1S/C24H26N6O2.C9H15NO/c25-22(16-6-12-20(13-7-16)32-19-4-2-1-3-5-19)21-23(26)27-14-28-24(21)30-18-10-8-17(9-11-18)29-15-31;1-5-7-6-8(11-10-7)9(2,3)4/h1-7,12-15,17-18,25H,8-11H2,(H,29,31)(H3,26,27,28,30);6H,5H2,1-4H3. The summed E-state index contributed by atoms with van der Waals surface area (Å²) >= 11 is 0. The predicted octanol–water partition coefficient (Wildman–Crippen LogP) is 6.27. The third-order valence-corrected chi connectivity index (χ3v) is 7.28. The Bertz CT molecular complexity index is 1470. The van der Waals surface area contributed by atoms with Crippen LogP contribution in [0, 0.1) is 5.41 Å². The van der Waals surface area contributed by atoms with Crippen molar-refractivity contribution in [3.63, 3.8) is 0 Å². The van der Waals surface area contributed by atoms with Gasteiger partial charge in [0.05, 0.1) is 17.0 Å². The number of para-hydroxylation sites is 1. The first-order chi connectivity index (χ1) is 20.7. The minimum atomic E-state index is 0.0837. The summed E-state index contributed by atoms with van der Waals surface area (Å²) in [6.45, 7) is 8.43. The van der Waals surface area contributed by atoms with E-state index in [9.17, 15) is 4.79 Å². The second kappa shape index (κ2) is 14.4. The topological polar surface area (TPSA) is 152 Å². The van der Waals surface area contributed by atoms with Crippen LogP contribution in [0.25, 0.3) is 0 Å². The smallest absolute Gasteiger partial charge is 0.207 e. The number of nitrogens with one attached hydrogen (secondary N) is 3. The molecule has 226 valence electrons. The highest BCUT2D eigenvalue weighted by atomic mass is 16.5. The molecule has 5 N–H and O–H groups in total. The number of amides is 1. The molecular weight excluding hydrogens is 542 g/mol. The SMILES string of the molecule is CCc1cc(C(C)(C)C)on1.N=C(c1ccc(Oc2ccccc2)cc1)c1c(N)ncnc1NC1CCC(NC=O)CC1. The summed E-state index contributed by atoms with van der Waals surface area (Å²) in [5.41, 5.74) is 8.69. The van der Waals surface area contributed by atoms with Gasteiger partial charge in [-0.15, -0.1) is 0 Å². The van der Waals surface area contributed by atoms with Gasteiger partial charge in [-0.05, 0) is 68.5 Å². The molecule has 43 heavy (non-hydrogen) atoms. The van der Waals surface area contributed by atoms with E-state index in [2.05, 4.69) is 53.5 Å². The van der Waals surface area contributed by atoms with E-state index in [0.29, 0.717) is 22.7 Å². The molecule has 0 saturated heterocycles. The maximum atomic E-state index is 10.7. The zero-order chi connectivity index (χ0) is 30.8. The first-order valence-electron chi connectivity index (χ1n) is 14.6. The van der Waals surface area contributed by atoms with E-state index in [4.69, 9.17) is 20.4 Å². The summed E-state index contributed by atoms with van der Waals surface area (Å²) < 4.78 is 11.0. The Morgan fingerprint density at radius 2 is 1.67 bits per heavy atom. The number of anilines is 2. The van der Waals surface area contributed by atoms with Gasteiger partial charge in [-0.2, -0.15) is 0 Å². The Morgan fingerprint density at radius 1 is 1.02 bits per heavy atom. The summed E-state index contributed by atoms with van der Waals surface area (Å²) in [5, 5.41) is 19.0. The van der Waals surface area contributed by atoms with E-state index in [0.717, 1.165) is 55.7 Å². The van der Waals surface area contributed by atoms with Crippen molar-refractivity contribution >= 4 is 23.8 Å². The van der Waals surface area contributed by atoms with Crippen LogP contribution in [0.4, 0.5) is 11.6 Å². The number of nitrogen functional groups attached to an aromatic ring is 1. The van der Waals surface area contributed by atoms with Gasteiger partial charge in [-0.25, -0.2) is 9.97 Å². The van der Waals surface area contributed by atoms with Crippen LogP contribution in [0.5, 0.6) is 11.5 Å². The number of nitrogens with two attached hydrogens (primary N) is 1. The molecule has 2 aromatic heterocycles. The molecule has 1 aliphatic carbocycles. The number of aromatic nitrogens is 3. The normalized spacial score (nSPS) is 16.4. The van der Waals surface area contributed by atoms with Crippen LogP contribution in [-0.4, -0.2) is 39.3 Å². The number of ether oxygens (including phenoxy) is 1. The number of aryl methyl sites for hydroxylation is 1. The van der Waals surface area contributed by atoms with Gasteiger partial charge >= 0.3 is 0 Å². The molecular formula is C33H41N7O3. The van der Waals surface area contributed by atoms with Gasteiger partial charge < -0.3 is 25.6 Å². The average Bonchev–Trinajstić information content (AvgIpc) is 3.50. The highest BCUT2D eigenvalue weighted by Crippen LogP contribution is 2.28. The van der Waals surface area contributed by atoms with Crippen molar-refractivity contribution in [3.8, 4) is 11.5 Å². The van der Waals surface area contributed by atoms with Crippen LogP contribution in [0.2, 0.25) is 0 Å². The summed E-state index contributed by atoms with van der Waals surface area (Å²) in [5.74, 6) is 3.21. The number of hydrogen-bond donors (Lipinski definition) is 4. The molecule has 1 aliphatic rings. The second-order valence-corrected chi connectivity index (χ2v) is 11.6. The predicted molar refractivity (Wildman–Crippen MR) is 169 cm³/mol. The first-order valence-corrected chi connectivity index (χ1v) is 14.6. The third kappa shape index (κ3) is 8.64. The van der Waals surface area contributed by atoms with Crippen molar-refractivity contribution in [2.24, 2.45) is 0 Å². The lowest BCUT2D eigenvalue weighted by atomic mass is 9.91. The second-order valence-electron chi connectivity index (χ2n) is 11.6. The zero-order valence-electron chi connectivity index (χ0n) is 25.3. The molecule has 0 atom stereocenters. The molecule has 5 rings (SSSR count). The fourth-order valence-corrected chi connectivity index (χ4v) is 4.74. The Balaban J connectivity index is 0.000000324. The van der Waals surface area contributed by atoms with Crippen LogP contribution in [0.1, 0.15) is 76.0 Å². The molecule has 0 radical (unpaired) electrons. The Labute approximate surface area is 253 Å². The molecule has 0 spiro atoms. The highest BCUT2D eigenvalue weighted by Gasteiger charge is 2.24. The van der Waals surface area contributed by atoms with E-state index in [1.807, 2.05) is 60.7 Å². The van der Waals surface area contributed by atoms with E-state index in [1.165, 1.54) is 6.33 Å². The Kier molecular flexibility index (Phi) is 10.5. The summed E-state index contributed by atoms with van der Waals surface area (Å²) in [7, 11) is 0. The van der Waals surface area contributed by atoms with Gasteiger partial charge in [-0.3, -0.25) is 10.2 Å². The van der Waals surface area contributed by atoms with Gasteiger partial charge in [-0.1, -0.05) is 51.1 Å². The van der Waals surface area contributed by atoms with Crippen molar-refractivity contribution in [2.45, 2.75) is 77.3 Å². The van der Waals surface area contributed by atoms with Crippen molar-refractivity contribution in [1.82, 2.24) is 20.4 Å². The molecule has 0 unspecified atom stereocenters. The largest absolute Gasteiger partial charge is 0.457 e. The molecule has 0 bridgehead atoms. The van der Waals surface area contributed by atoms with E-state index in [-0.39, 0.29) is 29.0 Å². The lowest BCUT2D eigenvalue weighted by Gasteiger charge is -2.29. The number of hydrogen-bond acceptors (Lipinski definition) is 9. The molecule has 4 aromatic rings. The van der Waals surface area contributed by atoms with Crippen LogP contribution < -0.4 is 21.1 Å². The molecule has 1 amide bonds. The van der Waals surface area contributed by atoms with Crippen molar-refractivity contribution in [1.29, 1.82) is 5.41 Å². The minimum absolute atomic E-state index is 0.0837. The van der Waals surface area contributed by atoms with Crippen LogP contribution in [0.15, 0.2) is 71.5 Å². The Hall–Kier alpha value is -4.73. The van der Waals surface area contributed by atoms with Crippen molar-refractivity contribution in [2.75, 3.05) is 11.1 Å². The molecule has 2 aromatic carbocycles. The first kappa shape index (κ1) is 31.2. The fraction of sp³-hybridized carbons (Fsp3) is 0.364. The number of carbonyl (C=O) groups excluding carboxylic acids is 1. The van der Waals surface area contributed by atoms with Crippen LogP contribution in [0.3, 0.4) is 0 Å². The summed E-state index contributed by atoms with van der Waals surface area (Å²) in [6, 6.07) is 19.3. The number of nitrogens with zero attached hydrogens (tertiary/aromatic N) is 3. The zero-order valence-corrected chi connectivity index (χ0v) is 25.3. The van der Waals surface area contributed by atoms with Gasteiger partial charge in [0.25, 0.3) is 0 Å². The quantitative estimate of drug-likeness (QED) is 0.133. The summed E-state index contributed by atoms with van der Waals surface area (Å²) in [6.07, 6.45) is 6.70. The molecule has 10 heteroatoms. The van der Waals surface area contributed by atoms with Gasteiger partial charge in [0.15, 0.2) is 0 Å². The third-order valence-electron chi connectivity index (χ3n) is 7.28. The van der Waals surface area contributed by atoms with Crippen molar-refractivity contribution < 1.29 is 14.1 Å². The fourth-order valence-electron chi connectivity index (χ4n) is 4.74. The lowest BCUT2D eigenvalue weighted by Crippen LogP contribution is -2.36. The molecule has 1 fully saturated rings. The highest BCUT2D eigenvalue weighted by molar-refractivity contribution is 6.16. The number of rotatable bonds is 9.